The molecular formula is C18H13F3N4O2S2. The van der Waals surface area contributed by atoms with E-state index in [0.717, 1.165) is 30.1 Å². The zero-order valence-corrected chi connectivity index (χ0v) is 16.4. The average molecular weight is 438 g/mol. The molecule has 0 saturated heterocycles. The average Bonchev–Trinajstić information content (AvgIpc) is 2.67. The molecule has 0 unspecified atom stereocenters. The molecule has 0 radical (unpaired) electrons. The molecule has 1 aromatic carbocycles. The molecule has 0 atom stereocenters. The fourth-order valence-electron chi connectivity index (χ4n) is 2.00. The lowest BCUT2D eigenvalue weighted by molar-refractivity contribution is -0.138. The van der Waals surface area contributed by atoms with Crippen molar-refractivity contribution in [2.75, 3.05) is 6.26 Å². The number of pyridine rings is 1. The van der Waals surface area contributed by atoms with Gasteiger partial charge in [-0.15, -0.1) is 0 Å². The minimum atomic E-state index is -4.47. The second kappa shape index (κ2) is 9.99. The molecule has 0 fully saturated rings. The second-order valence-electron chi connectivity index (χ2n) is 5.24. The Labute approximate surface area is 172 Å². The standard InChI is InChI=1S/C18H13F3N4O2S2/c1-28-17(24-10-22)25-13-4-5-14(11(8-13)2-7-16(26)27)29-15-6-3-12(9-23-15)18(19,20)21/h2-9H,1H3,(H,24,25)(H,26,27). The highest BCUT2D eigenvalue weighted by Crippen LogP contribution is 2.34. The van der Waals surface area contributed by atoms with Crippen molar-refractivity contribution in [3.63, 3.8) is 0 Å². The summed E-state index contributed by atoms with van der Waals surface area (Å²) in [5, 5.41) is 20.7. The van der Waals surface area contributed by atoms with Gasteiger partial charge in [0, 0.05) is 17.2 Å². The van der Waals surface area contributed by atoms with Gasteiger partial charge in [-0.05, 0) is 48.2 Å². The Morgan fingerprint density at radius 3 is 2.66 bits per heavy atom. The first kappa shape index (κ1) is 22.3. The number of aromatic nitrogens is 1. The fraction of sp³-hybridized carbons (Fsp3) is 0.111. The Bertz CT molecular complexity index is 984. The van der Waals surface area contributed by atoms with E-state index in [-0.39, 0.29) is 0 Å². The summed E-state index contributed by atoms with van der Waals surface area (Å²) >= 11 is 2.31. The molecule has 0 bridgehead atoms. The van der Waals surface area contributed by atoms with Crippen LogP contribution < -0.4 is 5.32 Å². The van der Waals surface area contributed by atoms with E-state index in [1.54, 1.807) is 30.6 Å². The molecule has 11 heteroatoms. The minimum absolute atomic E-state index is 0.315. The zero-order chi connectivity index (χ0) is 21.4. The molecule has 1 aromatic heterocycles. The summed E-state index contributed by atoms with van der Waals surface area (Å²) in [6.45, 7) is 0. The molecule has 0 aliphatic carbocycles. The second-order valence-corrected chi connectivity index (χ2v) is 7.09. The van der Waals surface area contributed by atoms with Crippen LogP contribution in [0.3, 0.4) is 0 Å². The molecular weight excluding hydrogens is 425 g/mol. The van der Waals surface area contributed by atoms with Gasteiger partial charge < -0.3 is 5.11 Å². The number of benzene rings is 1. The number of rotatable bonds is 5. The lowest BCUT2D eigenvalue weighted by Gasteiger charge is -2.09. The van der Waals surface area contributed by atoms with Crippen molar-refractivity contribution in [2.24, 2.45) is 4.99 Å². The van der Waals surface area contributed by atoms with Gasteiger partial charge in [0.1, 0.15) is 5.03 Å². The van der Waals surface area contributed by atoms with Gasteiger partial charge in [-0.1, -0.05) is 23.5 Å². The number of amidine groups is 1. The maximum absolute atomic E-state index is 12.7. The third kappa shape index (κ3) is 6.85. The quantitative estimate of drug-likeness (QED) is 0.228. The minimum Gasteiger partial charge on any atom is -0.478 e. The van der Waals surface area contributed by atoms with Crippen molar-refractivity contribution in [1.82, 2.24) is 10.3 Å². The Hall–Kier alpha value is -2.97. The van der Waals surface area contributed by atoms with E-state index >= 15 is 0 Å². The number of nitrogens with one attached hydrogen (secondary N) is 1. The van der Waals surface area contributed by atoms with Gasteiger partial charge in [-0.3, -0.25) is 5.32 Å². The van der Waals surface area contributed by atoms with Crippen LogP contribution >= 0.6 is 23.5 Å². The summed E-state index contributed by atoms with van der Waals surface area (Å²) in [4.78, 5) is 19.5. The normalized spacial score (nSPS) is 12.0. The van der Waals surface area contributed by atoms with Crippen LogP contribution in [0.15, 0.2) is 57.5 Å². The van der Waals surface area contributed by atoms with E-state index in [4.69, 9.17) is 10.4 Å². The number of aliphatic imine (C=N–C) groups is 1. The van der Waals surface area contributed by atoms with E-state index < -0.39 is 17.7 Å². The van der Waals surface area contributed by atoms with Crippen LogP contribution in [0, 0.1) is 11.5 Å². The Kier molecular flexibility index (Phi) is 7.69. The summed E-state index contributed by atoms with van der Waals surface area (Å²) in [5.74, 6) is -1.15. The van der Waals surface area contributed by atoms with Crippen LogP contribution in [-0.4, -0.2) is 27.5 Å². The van der Waals surface area contributed by atoms with Gasteiger partial charge in [-0.2, -0.15) is 18.4 Å². The van der Waals surface area contributed by atoms with Crippen molar-refractivity contribution in [3.8, 4) is 6.19 Å². The van der Waals surface area contributed by atoms with Crippen LogP contribution in [0.25, 0.3) is 6.08 Å². The summed E-state index contributed by atoms with van der Waals surface area (Å²) in [7, 11) is 0. The predicted octanol–water partition coefficient (Wildman–Crippen LogP) is 4.77. The van der Waals surface area contributed by atoms with Gasteiger partial charge in [0.25, 0.3) is 0 Å². The van der Waals surface area contributed by atoms with Crippen LogP contribution in [0.5, 0.6) is 0 Å². The van der Waals surface area contributed by atoms with E-state index in [0.29, 0.717) is 26.3 Å². The largest absolute Gasteiger partial charge is 0.478 e. The molecule has 0 saturated carbocycles. The number of aliphatic carboxylic acids is 1. The van der Waals surface area contributed by atoms with Crippen LogP contribution in [0.2, 0.25) is 0 Å². The number of carboxylic acid groups (broad SMARTS) is 1. The molecule has 6 nitrogen and oxygen atoms in total. The topological polar surface area (TPSA) is 98.4 Å². The highest BCUT2D eigenvalue weighted by atomic mass is 32.2. The Morgan fingerprint density at radius 1 is 1.34 bits per heavy atom. The highest BCUT2D eigenvalue weighted by Gasteiger charge is 2.30. The van der Waals surface area contributed by atoms with Gasteiger partial charge >= 0.3 is 12.1 Å². The third-order valence-corrected chi connectivity index (χ3v) is 4.89. The summed E-state index contributed by atoms with van der Waals surface area (Å²) in [5.41, 5.74) is 0.0942. The number of alkyl halides is 3. The van der Waals surface area contributed by atoms with Gasteiger partial charge in [0.15, 0.2) is 11.4 Å². The lowest BCUT2D eigenvalue weighted by Crippen LogP contribution is -2.12. The first-order chi connectivity index (χ1) is 13.7. The monoisotopic (exact) mass is 438 g/mol. The number of carboxylic acids is 1. The summed E-state index contributed by atoms with van der Waals surface area (Å²) in [6, 6.07) is 7.06. The summed E-state index contributed by atoms with van der Waals surface area (Å²) in [6.07, 6.45) is 2.06. The van der Waals surface area contributed by atoms with Gasteiger partial charge in [-0.25, -0.2) is 14.8 Å². The summed E-state index contributed by atoms with van der Waals surface area (Å²) < 4.78 is 38.0. The van der Waals surface area contributed by atoms with E-state index in [1.807, 2.05) is 0 Å². The molecule has 2 aromatic rings. The fourth-order valence-corrected chi connectivity index (χ4v) is 3.19. The third-order valence-electron chi connectivity index (χ3n) is 3.26. The highest BCUT2D eigenvalue weighted by molar-refractivity contribution is 8.13. The number of halogens is 3. The number of nitriles is 1. The molecule has 2 rings (SSSR count). The number of nitrogens with zero attached hydrogens (tertiary/aromatic N) is 3. The van der Waals surface area contributed by atoms with Crippen molar-refractivity contribution in [2.45, 2.75) is 16.1 Å². The maximum atomic E-state index is 12.7. The Balaban J connectivity index is 2.37. The SMILES string of the molecule is CSC(=Nc1ccc(Sc2ccc(C(F)(F)F)cn2)c(C=CC(=O)O)c1)NC#N. The first-order valence-corrected chi connectivity index (χ1v) is 9.81. The van der Waals surface area contributed by atoms with Crippen LogP contribution in [-0.2, 0) is 11.0 Å². The van der Waals surface area contributed by atoms with Gasteiger partial charge in [0.2, 0.25) is 0 Å². The van der Waals surface area contributed by atoms with Crippen molar-refractivity contribution in [3.05, 3.63) is 53.7 Å². The Morgan fingerprint density at radius 2 is 2.10 bits per heavy atom. The van der Waals surface area contributed by atoms with E-state index in [2.05, 4.69) is 15.3 Å². The number of hydrogen-bond acceptors (Lipinski definition) is 6. The maximum Gasteiger partial charge on any atom is 0.417 e. The molecule has 29 heavy (non-hydrogen) atoms. The number of carbonyl (C=O) groups is 1. The van der Waals surface area contributed by atoms with Crippen molar-refractivity contribution >= 4 is 46.4 Å². The van der Waals surface area contributed by atoms with E-state index in [1.165, 1.54) is 23.9 Å². The van der Waals surface area contributed by atoms with Crippen molar-refractivity contribution in [1.29, 1.82) is 5.26 Å². The molecule has 0 aliphatic rings. The number of thioether (sulfide) groups is 1. The van der Waals surface area contributed by atoms with Crippen LogP contribution in [0.1, 0.15) is 11.1 Å². The van der Waals surface area contributed by atoms with E-state index in [9.17, 15) is 18.0 Å². The molecule has 0 amide bonds. The van der Waals surface area contributed by atoms with Gasteiger partial charge in [0.05, 0.1) is 11.3 Å². The van der Waals surface area contributed by atoms with Crippen LogP contribution in [0.4, 0.5) is 18.9 Å². The molecule has 0 spiro atoms. The molecule has 0 aliphatic heterocycles. The smallest absolute Gasteiger partial charge is 0.417 e. The molecule has 2 N–H and O–H groups in total. The predicted molar refractivity (Wildman–Crippen MR) is 106 cm³/mol. The zero-order valence-electron chi connectivity index (χ0n) is 14.8. The lowest BCUT2D eigenvalue weighted by atomic mass is 10.2. The first-order valence-electron chi connectivity index (χ1n) is 7.77. The molecule has 150 valence electrons. The van der Waals surface area contributed by atoms with Crippen molar-refractivity contribution < 1.29 is 23.1 Å². The number of hydrogen-bond donors (Lipinski definition) is 2. The molecule has 1 heterocycles.